The van der Waals surface area contributed by atoms with Crippen LogP contribution in [0.5, 0.6) is 34.5 Å². The lowest BCUT2D eigenvalue weighted by Crippen LogP contribution is -2.58. The van der Waals surface area contributed by atoms with Crippen LogP contribution < -0.4 is 50.2 Å². The van der Waals surface area contributed by atoms with E-state index in [-0.39, 0.29) is 86.9 Å². The van der Waals surface area contributed by atoms with Gasteiger partial charge in [-0.1, -0.05) is 82.2 Å². The second-order valence-corrected chi connectivity index (χ2v) is 28.2. The molecule has 7 heterocycles. The quantitative estimate of drug-likeness (QED) is 0.0406. The summed E-state index contributed by atoms with van der Waals surface area (Å²) in [6.07, 6.45) is -108. The summed E-state index contributed by atoms with van der Waals surface area (Å²) in [5.74, 6) is -83.5. The molecule has 4 aliphatic heterocycles. The number of halogens is 45. The molecule has 0 spiro atoms. The number of carbonyl (C=O) groups is 1. The Labute approximate surface area is 688 Å². The van der Waals surface area contributed by atoms with Crippen molar-refractivity contribution in [2.75, 3.05) is 5.32 Å². The van der Waals surface area contributed by atoms with Crippen LogP contribution in [0.1, 0.15) is 38.9 Å². The van der Waals surface area contributed by atoms with E-state index in [0.29, 0.717) is 0 Å². The Balaban J connectivity index is 1.48. The minimum absolute atomic E-state index is 0.0278. The van der Waals surface area contributed by atoms with Crippen LogP contribution in [0.15, 0.2) is 93.3 Å². The number of amidine groups is 3. The fourth-order valence-electron chi connectivity index (χ4n) is 13.4. The molecule has 1 unspecified atom stereocenters. The first-order chi connectivity index (χ1) is 59.1. The van der Waals surface area contributed by atoms with E-state index in [9.17, 15) is 15.2 Å². The summed E-state index contributed by atoms with van der Waals surface area (Å²) in [4.78, 5) is 21.3. The monoisotopic (exact) mass is 1980 g/mol. The third-order valence-corrected chi connectivity index (χ3v) is 20.4. The molecule has 64 heteroatoms. The number of hydrazone groups is 2. The Morgan fingerprint density at radius 3 is 1.07 bits per heavy atom. The molecule has 6 bridgehead atoms. The number of hydrogen-bond donors (Lipinski definition) is 3. The first kappa shape index (κ1) is 96.0. The Kier molecular flexibility index (Phi) is 21.1. The number of thiophene rings is 1. The van der Waals surface area contributed by atoms with Crippen LogP contribution in [0.3, 0.4) is 0 Å². The molecule has 0 saturated heterocycles. The molecule has 0 aliphatic carbocycles. The number of carboxylic acids is 1. The molecule has 0 radical (unpaired) electrons. The number of nitrogens with zero attached hydrogens (tertiary/aromatic N) is 8. The predicted molar refractivity (Wildman–Crippen MR) is 342 cm³/mol. The summed E-state index contributed by atoms with van der Waals surface area (Å²) < 4.78 is 728. The van der Waals surface area contributed by atoms with Crippen molar-refractivity contribution >= 4 is 106 Å². The third kappa shape index (κ3) is 14.0. The lowest BCUT2D eigenvalue weighted by atomic mass is 9.96. The van der Waals surface area contributed by atoms with Crippen molar-refractivity contribution in [2.45, 2.75) is 122 Å². The first-order valence-electron chi connectivity index (χ1n) is 33.4. The summed E-state index contributed by atoms with van der Waals surface area (Å²) in [5.41, 5.74) is -20.2. The number of fused-ring (bicyclic) bond motifs is 19. The van der Waals surface area contributed by atoms with Crippen molar-refractivity contribution in [3.63, 3.8) is 0 Å². The molecule has 3 aromatic heterocycles. The van der Waals surface area contributed by atoms with Crippen molar-refractivity contribution in [3.05, 3.63) is 122 Å². The number of aliphatic imine (C=N–C) groups is 1. The number of benzene rings is 6. The van der Waals surface area contributed by atoms with Crippen LogP contribution in [-0.2, 0) is 25.1 Å². The van der Waals surface area contributed by atoms with Gasteiger partial charge in [-0.25, -0.2) is 4.79 Å². The van der Waals surface area contributed by atoms with Gasteiger partial charge >= 0.3 is 127 Å². The summed E-state index contributed by atoms with van der Waals surface area (Å²) in [6.45, 7) is 0. The highest BCUT2D eigenvalue weighted by Gasteiger charge is 2.82. The Morgan fingerprint density at radius 1 is 0.412 bits per heavy atom. The molecular formula is C67H23F45N10O8S+2. The van der Waals surface area contributed by atoms with E-state index in [2.05, 4.69) is 43.4 Å². The molecule has 18 nitrogen and oxygen atoms in total. The summed E-state index contributed by atoms with van der Waals surface area (Å²) >= 11 is -0.898. The van der Waals surface area contributed by atoms with E-state index in [0.717, 1.165) is 6.07 Å². The number of carboxylic acid groups (broad SMARTS) is 1. The van der Waals surface area contributed by atoms with Crippen LogP contribution in [0.25, 0.3) is 59.3 Å². The minimum atomic E-state index is -8.05. The second-order valence-electron chi connectivity index (χ2n) is 27.2. The minimum Gasteiger partial charge on any atom is -0.477 e. The van der Waals surface area contributed by atoms with Crippen LogP contribution >= 0.6 is 11.3 Å². The van der Waals surface area contributed by atoms with Gasteiger partial charge in [-0.3, -0.25) is 4.57 Å². The maximum Gasteiger partial charge on any atom is 0.470 e. The zero-order chi connectivity index (χ0) is 98.7. The van der Waals surface area contributed by atoms with E-state index >= 15 is 198 Å². The molecule has 3 N–H and O–H groups in total. The number of ether oxygens (including phenoxy) is 6. The summed E-state index contributed by atoms with van der Waals surface area (Å²) in [7, 11) is -0.395. The number of hydrazine groups is 2. The third-order valence-electron chi connectivity index (χ3n) is 19.2. The molecule has 9 aromatic rings. The van der Waals surface area contributed by atoms with E-state index in [1.54, 1.807) is 0 Å². The molecular weight excluding hydrogens is 1960 g/mol. The highest BCUT2D eigenvalue weighted by Crippen LogP contribution is 2.64. The molecule has 0 fully saturated rings. The predicted octanol–water partition coefficient (Wildman–Crippen LogP) is 21.3. The van der Waals surface area contributed by atoms with E-state index in [1.807, 2.05) is 0 Å². The fourth-order valence-corrected chi connectivity index (χ4v) is 14.7. The molecule has 13 rings (SSSR count). The van der Waals surface area contributed by atoms with Crippen LogP contribution in [0.4, 0.5) is 209 Å². The summed E-state index contributed by atoms with van der Waals surface area (Å²) in [5, 5.41) is -1.86. The normalized spacial score (nSPS) is 16.5. The Morgan fingerprint density at radius 2 is 0.725 bits per heavy atom. The first-order valence-corrected chi connectivity index (χ1v) is 34.2. The van der Waals surface area contributed by atoms with Gasteiger partial charge in [-0.05, 0) is 11.6 Å². The van der Waals surface area contributed by atoms with Crippen molar-refractivity contribution in [1.82, 2.24) is 14.7 Å². The van der Waals surface area contributed by atoms with Gasteiger partial charge in [0.2, 0.25) is 0 Å². The average molecular weight is 1980 g/mol. The number of aromatic nitrogens is 2. The number of aliphatic carboxylic acids is 1. The maximum atomic E-state index is 17.3. The largest absolute Gasteiger partial charge is 0.477 e. The van der Waals surface area contributed by atoms with Gasteiger partial charge in [0.1, 0.15) is 68.6 Å². The van der Waals surface area contributed by atoms with Gasteiger partial charge < -0.3 is 43.4 Å². The number of nitriles is 1. The lowest BCUT2D eigenvalue weighted by molar-refractivity contribution is -0.786. The highest BCUT2D eigenvalue weighted by molar-refractivity contribution is 7.20. The van der Waals surface area contributed by atoms with Crippen molar-refractivity contribution in [3.8, 4) is 40.6 Å². The molecule has 0 saturated carbocycles. The molecule has 4 aliphatic rings. The van der Waals surface area contributed by atoms with Gasteiger partial charge in [0.15, 0.2) is 11.3 Å². The van der Waals surface area contributed by atoms with Crippen molar-refractivity contribution in [1.29, 1.82) is 5.26 Å². The number of anilines is 1. The number of alkyl halides is 45. The number of nitrogens with one attached hydrogen (secondary N) is 2. The number of hydrogen-bond acceptors (Lipinski definition) is 14. The highest BCUT2D eigenvalue weighted by atomic mass is 32.1. The van der Waals surface area contributed by atoms with Crippen LogP contribution in [-0.4, -0.2) is 156 Å². The second kappa shape index (κ2) is 28.7. The van der Waals surface area contributed by atoms with Crippen molar-refractivity contribution < 1.29 is 245 Å². The average Bonchev–Trinajstić information content (AvgIpc) is 1.53. The van der Waals surface area contributed by atoms with Gasteiger partial charge in [0.05, 0.1) is 32.0 Å². The Hall–Kier alpha value is -12.6. The van der Waals surface area contributed by atoms with Gasteiger partial charge in [0.25, 0.3) is 23.3 Å². The zero-order valence-electron chi connectivity index (χ0n) is 60.9. The molecule has 131 heavy (non-hydrogen) atoms. The topological polar surface area (TPSA) is 193 Å². The van der Waals surface area contributed by atoms with Gasteiger partial charge in [0, 0.05) is 56.3 Å². The smallest absolute Gasteiger partial charge is 0.470 e. The van der Waals surface area contributed by atoms with Gasteiger partial charge in [-0.2, -0.15) is 213 Å². The summed E-state index contributed by atoms with van der Waals surface area (Å²) in [6, 6.07) is -1.09. The molecule has 6 aromatic carbocycles. The molecule has 0 amide bonds. The maximum absolute atomic E-state index is 17.3. The zero-order valence-corrected chi connectivity index (χ0v) is 61.7. The standard InChI is InChI=1S/C67H21F45N10O8S/c1-119-40-25-26(34(126-51(72,58(83,84)85)59(86,87)88)19-10-4-3-9-18(19)33(25)125-50(71,56(77,78)79)57(80,81)82)41(119)115-44-29-30(38(130-55(76,66(107,108)109)67(110,111)112)23-14-8-7-13-22(23)37(29)129-54(75,64(101,102)103)65(104,105)106)46-117-47-39-31(32(49(68,69)70)24(131-39)15-17(16-113)48(123)124)42(120(47)2)116-45-28-27(43(114-40)121(45)118-122(44)46)35(127-52(73,60(89,90)91)61(92,93)94)20-11-5-6-12-21(20)36(28)128-53(74,62(95,96)97)63(98,99)100/h3-15,43H,1-2H3,(H-,114,117,118,123,124)/p+2. The lowest BCUT2D eigenvalue weighted by Gasteiger charge is -2.33. The van der Waals surface area contributed by atoms with Gasteiger partial charge in [-0.15, -0.1) is 11.3 Å². The number of rotatable bonds is 14. The molecule has 708 valence electrons. The van der Waals surface area contributed by atoms with E-state index in [1.165, 1.54) is 10.9 Å². The Bertz CT molecular complexity index is 6590. The SMILES string of the molecule is Cn1c2c3c(OC(F)(C(F)(F)F)C(F)(F)F)c4ccccc4c(OC(F)(C(F)(F)F)C(F)(F)F)c3c1NC1c3c(c(OC(F)(C(F)(F)F)C(F)(F)F)c4ccccc4c3OC(F)(C(F)(F)F)C(F)(F)F)C3=[N+]1N[N+]1=C(N=c4c5sc(C=C(C#N)C(=O)O)c(C(F)(F)F)c5c(n4C)=N3)c3c(c(OC(F)(C(F)(F)F)C(F)(F)F)c4ccccc4c3OC(F)(C(F)(F)F)C(F)(F)F)C1=N2. The van der Waals surface area contributed by atoms with Crippen molar-refractivity contribution in [2.24, 2.45) is 29.1 Å². The van der Waals surface area contributed by atoms with Crippen LogP contribution in [0, 0.1) is 11.3 Å². The van der Waals surface area contributed by atoms with Crippen LogP contribution in [0.2, 0.25) is 0 Å². The van der Waals surface area contributed by atoms with E-state index in [4.69, 9.17) is 0 Å². The van der Waals surface area contributed by atoms with E-state index < -0.39 is 330 Å². The fraction of sp³-hybridized carbons (Fsp3) is 0.328. The molecule has 1 atom stereocenters.